The molecule has 1 aliphatic heterocycles. The van der Waals surface area contributed by atoms with Gasteiger partial charge in [0.15, 0.2) is 0 Å². The number of rotatable bonds is 3. The van der Waals surface area contributed by atoms with Gasteiger partial charge in [0, 0.05) is 38.9 Å². The van der Waals surface area contributed by atoms with Gasteiger partial charge in [-0.3, -0.25) is 9.58 Å². The summed E-state index contributed by atoms with van der Waals surface area (Å²) in [5, 5.41) is 7.58. The standard InChI is InChI=1S/C10H19N5/c1-9(15-5-2-10(11)13-15)8-14-6-3-12-4-7-14/h2,5,9,12H,3-4,6-8H2,1H3,(H2,11,13). The summed E-state index contributed by atoms with van der Waals surface area (Å²) in [5.74, 6) is 0.599. The normalized spacial score (nSPS) is 20.3. The van der Waals surface area contributed by atoms with Crippen LogP contribution in [0.4, 0.5) is 5.82 Å². The monoisotopic (exact) mass is 209 g/mol. The number of nitrogens with zero attached hydrogens (tertiary/aromatic N) is 3. The van der Waals surface area contributed by atoms with Crippen LogP contribution in [0.25, 0.3) is 0 Å². The van der Waals surface area contributed by atoms with Gasteiger partial charge >= 0.3 is 0 Å². The van der Waals surface area contributed by atoms with Crippen LogP contribution in [0, 0.1) is 0 Å². The smallest absolute Gasteiger partial charge is 0.145 e. The third-order valence-corrected chi connectivity index (χ3v) is 2.81. The Bertz CT molecular complexity index is 303. The van der Waals surface area contributed by atoms with Crippen molar-refractivity contribution in [3.63, 3.8) is 0 Å². The zero-order valence-electron chi connectivity index (χ0n) is 9.19. The van der Waals surface area contributed by atoms with E-state index in [1.54, 1.807) is 0 Å². The Kier molecular flexibility index (Phi) is 3.23. The van der Waals surface area contributed by atoms with Gasteiger partial charge < -0.3 is 11.1 Å². The molecule has 1 aromatic heterocycles. The molecule has 1 atom stereocenters. The van der Waals surface area contributed by atoms with Crippen LogP contribution in [0.15, 0.2) is 12.3 Å². The van der Waals surface area contributed by atoms with Crippen molar-refractivity contribution in [2.75, 3.05) is 38.5 Å². The second-order valence-electron chi connectivity index (χ2n) is 4.12. The van der Waals surface area contributed by atoms with Gasteiger partial charge in [0.25, 0.3) is 0 Å². The van der Waals surface area contributed by atoms with Crippen molar-refractivity contribution in [1.29, 1.82) is 0 Å². The van der Waals surface area contributed by atoms with E-state index in [0.29, 0.717) is 11.9 Å². The van der Waals surface area contributed by atoms with E-state index in [-0.39, 0.29) is 0 Å². The number of nitrogens with one attached hydrogen (secondary N) is 1. The Morgan fingerprint density at radius 3 is 2.87 bits per heavy atom. The van der Waals surface area contributed by atoms with Gasteiger partial charge in [0.1, 0.15) is 5.82 Å². The average Bonchev–Trinajstić information content (AvgIpc) is 2.66. The fourth-order valence-electron chi connectivity index (χ4n) is 1.95. The van der Waals surface area contributed by atoms with Gasteiger partial charge in [0.2, 0.25) is 0 Å². The number of nitrogen functional groups attached to an aromatic ring is 1. The molecule has 3 N–H and O–H groups in total. The molecule has 1 fully saturated rings. The Morgan fingerprint density at radius 1 is 1.53 bits per heavy atom. The number of hydrogen-bond donors (Lipinski definition) is 2. The predicted molar refractivity (Wildman–Crippen MR) is 60.7 cm³/mol. The molecule has 1 saturated heterocycles. The van der Waals surface area contributed by atoms with Crippen LogP contribution in [0.3, 0.4) is 0 Å². The molecule has 0 aromatic carbocycles. The summed E-state index contributed by atoms with van der Waals surface area (Å²) in [6.07, 6.45) is 1.95. The molecule has 0 amide bonds. The Hall–Kier alpha value is -1.07. The highest BCUT2D eigenvalue weighted by atomic mass is 15.3. The van der Waals surface area contributed by atoms with Crippen molar-refractivity contribution in [3.05, 3.63) is 12.3 Å². The summed E-state index contributed by atoms with van der Waals surface area (Å²) in [7, 11) is 0. The summed E-state index contributed by atoms with van der Waals surface area (Å²) in [6.45, 7) is 7.65. The van der Waals surface area contributed by atoms with E-state index >= 15 is 0 Å². The highest BCUT2D eigenvalue weighted by Gasteiger charge is 2.14. The summed E-state index contributed by atoms with van der Waals surface area (Å²) in [5.41, 5.74) is 5.59. The maximum atomic E-state index is 5.59. The Balaban J connectivity index is 1.88. The maximum Gasteiger partial charge on any atom is 0.145 e. The van der Waals surface area contributed by atoms with Crippen molar-refractivity contribution in [2.24, 2.45) is 0 Å². The van der Waals surface area contributed by atoms with Gasteiger partial charge in [-0.15, -0.1) is 0 Å². The average molecular weight is 209 g/mol. The molecule has 84 valence electrons. The molecule has 1 aromatic rings. The van der Waals surface area contributed by atoms with Crippen molar-refractivity contribution in [2.45, 2.75) is 13.0 Å². The molecule has 2 heterocycles. The van der Waals surface area contributed by atoms with E-state index < -0.39 is 0 Å². The van der Waals surface area contributed by atoms with E-state index in [1.807, 2.05) is 16.9 Å². The van der Waals surface area contributed by atoms with Gasteiger partial charge in [-0.1, -0.05) is 0 Å². The van der Waals surface area contributed by atoms with Crippen LogP contribution < -0.4 is 11.1 Å². The van der Waals surface area contributed by atoms with E-state index in [4.69, 9.17) is 5.73 Å². The number of aromatic nitrogens is 2. The number of anilines is 1. The molecule has 0 spiro atoms. The molecule has 1 aliphatic rings. The first-order valence-electron chi connectivity index (χ1n) is 5.49. The van der Waals surface area contributed by atoms with E-state index in [0.717, 1.165) is 32.7 Å². The Morgan fingerprint density at radius 2 is 2.27 bits per heavy atom. The van der Waals surface area contributed by atoms with Crippen molar-refractivity contribution in [1.82, 2.24) is 20.0 Å². The van der Waals surface area contributed by atoms with Crippen LogP contribution in [0.1, 0.15) is 13.0 Å². The van der Waals surface area contributed by atoms with Crippen molar-refractivity contribution >= 4 is 5.82 Å². The largest absolute Gasteiger partial charge is 0.382 e. The molecular weight excluding hydrogens is 190 g/mol. The minimum absolute atomic E-state index is 0.389. The Labute approximate surface area is 90.2 Å². The molecule has 0 bridgehead atoms. The molecule has 5 nitrogen and oxygen atoms in total. The minimum atomic E-state index is 0.389. The number of hydrogen-bond acceptors (Lipinski definition) is 4. The molecule has 0 radical (unpaired) electrons. The lowest BCUT2D eigenvalue weighted by molar-refractivity contribution is 0.207. The molecule has 2 rings (SSSR count). The zero-order valence-corrected chi connectivity index (χ0v) is 9.19. The van der Waals surface area contributed by atoms with Crippen molar-refractivity contribution in [3.8, 4) is 0 Å². The quantitative estimate of drug-likeness (QED) is 0.731. The molecule has 0 saturated carbocycles. The third-order valence-electron chi connectivity index (χ3n) is 2.81. The van der Waals surface area contributed by atoms with Crippen LogP contribution in [-0.4, -0.2) is 47.4 Å². The highest BCUT2D eigenvalue weighted by Crippen LogP contribution is 2.09. The zero-order chi connectivity index (χ0) is 10.7. The van der Waals surface area contributed by atoms with Crippen molar-refractivity contribution < 1.29 is 0 Å². The van der Waals surface area contributed by atoms with Crippen LogP contribution in [-0.2, 0) is 0 Å². The lowest BCUT2D eigenvalue weighted by Crippen LogP contribution is -2.45. The molecule has 1 unspecified atom stereocenters. The fraction of sp³-hybridized carbons (Fsp3) is 0.700. The van der Waals surface area contributed by atoms with E-state index in [9.17, 15) is 0 Å². The predicted octanol–water partition coefficient (Wildman–Crippen LogP) is -0.0685. The molecule has 0 aliphatic carbocycles. The summed E-state index contributed by atoms with van der Waals surface area (Å²) >= 11 is 0. The second-order valence-corrected chi connectivity index (χ2v) is 4.12. The highest BCUT2D eigenvalue weighted by molar-refractivity contribution is 5.23. The summed E-state index contributed by atoms with van der Waals surface area (Å²) in [6, 6.07) is 2.23. The lowest BCUT2D eigenvalue weighted by Gasteiger charge is -2.29. The van der Waals surface area contributed by atoms with Crippen LogP contribution in [0.5, 0.6) is 0 Å². The van der Waals surface area contributed by atoms with Gasteiger partial charge in [-0.2, -0.15) is 5.10 Å². The topological polar surface area (TPSA) is 59.1 Å². The fourth-order valence-corrected chi connectivity index (χ4v) is 1.95. The van der Waals surface area contributed by atoms with E-state index in [1.165, 1.54) is 0 Å². The number of nitrogens with two attached hydrogens (primary N) is 1. The lowest BCUT2D eigenvalue weighted by atomic mass is 10.3. The second kappa shape index (κ2) is 4.63. The summed E-state index contributed by atoms with van der Waals surface area (Å²) in [4.78, 5) is 2.46. The molecule has 5 heteroatoms. The SMILES string of the molecule is CC(CN1CCNCC1)n1ccc(N)n1. The first-order chi connectivity index (χ1) is 7.25. The summed E-state index contributed by atoms with van der Waals surface area (Å²) < 4.78 is 1.94. The molecule has 15 heavy (non-hydrogen) atoms. The maximum absolute atomic E-state index is 5.59. The molecular formula is C10H19N5. The first-order valence-corrected chi connectivity index (χ1v) is 5.49. The van der Waals surface area contributed by atoms with Crippen LogP contribution in [0.2, 0.25) is 0 Å². The van der Waals surface area contributed by atoms with Gasteiger partial charge in [0.05, 0.1) is 6.04 Å². The van der Waals surface area contributed by atoms with Gasteiger partial charge in [-0.25, -0.2) is 0 Å². The number of piperazine rings is 1. The third kappa shape index (κ3) is 2.70. The van der Waals surface area contributed by atoms with Crippen LogP contribution >= 0.6 is 0 Å². The first kappa shape index (κ1) is 10.4. The van der Waals surface area contributed by atoms with Gasteiger partial charge in [-0.05, 0) is 13.0 Å². The minimum Gasteiger partial charge on any atom is -0.382 e. The van der Waals surface area contributed by atoms with E-state index in [2.05, 4.69) is 22.2 Å².